The molecule has 3 heteroatoms. The number of benzene rings is 1. The van der Waals surface area contributed by atoms with Crippen LogP contribution in [0, 0.1) is 6.92 Å². The van der Waals surface area contributed by atoms with E-state index >= 15 is 0 Å². The van der Waals surface area contributed by atoms with Crippen LogP contribution in [0.1, 0.15) is 22.8 Å². The quantitative estimate of drug-likeness (QED) is 0.818. The summed E-state index contributed by atoms with van der Waals surface area (Å²) in [5.74, 6) is 0.156. The standard InChI is InChI=1S/C14H18N2O/c1-4-15-8-13(17)12-9-16(3)14-10(2)6-5-7-11(12)14/h5-7,9,15H,4,8H2,1-3H3. The minimum atomic E-state index is 0.156. The average molecular weight is 230 g/mol. The molecule has 0 amide bonds. The van der Waals surface area contributed by atoms with Gasteiger partial charge in [-0.1, -0.05) is 25.1 Å². The maximum absolute atomic E-state index is 12.1. The van der Waals surface area contributed by atoms with Crippen molar-refractivity contribution in [2.24, 2.45) is 7.05 Å². The van der Waals surface area contributed by atoms with E-state index in [1.54, 1.807) is 0 Å². The van der Waals surface area contributed by atoms with Gasteiger partial charge in [0, 0.05) is 24.2 Å². The summed E-state index contributed by atoms with van der Waals surface area (Å²) in [7, 11) is 1.99. The van der Waals surface area contributed by atoms with Gasteiger partial charge in [0.1, 0.15) is 0 Å². The molecular formula is C14H18N2O. The number of fused-ring (bicyclic) bond motifs is 1. The highest BCUT2D eigenvalue weighted by atomic mass is 16.1. The highest BCUT2D eigenvalue weighted by Crippen LogP contribution is 2.23. The molecule has 0 radical (unpaired) electrons. The second-order valence-corrected chi connectivity index (χ2v) is 4.33. The topological polar surface area (TPSA) is 34.0 Å². The Bertz CT molecular complexity index is 555. The predicted octanol–water partition coefficient (Wildman–Crippen LogP) is 2.28. The number of Topliss-reactive ketones (excluding diaryl/α,β-unsaturated/α-hetero) is 1. The van der Waals surface area contributed by atoms with E-state index < -0.39 is 0 Å². The molecule has 0 spiro atoms. The summed E-state index contributed by atoms with van der Waals surface area (Å²) in [6, 6.07) is 6.09. The van der Waals surface area contributed by atoms with Crippen molar-refractivity contribution in [3.05, 3.63) is 35.5 Å². The van der Waals surface area contributed by atoms with Gasteiger partial charge in [-0.25, -0.2) is 0 Å². The fraction of sp³-hybridized carbons (Fsp3) is 0.357. The van der Waals surface area contributed by atoms with Gasteiger partial charge in [0.2, 0.25) is 0 Å². The number of hydrogen-bond acceptors (Lipinski definition) is 2. The van der Waals surface area contributed by atoms with Gasteiger partial charge in [0.25, 0.3) is 0 Å². The molecule has 1 aromatic carbocycles. The van der Waals surface area contributed by atoms with Gasteiger partial charge in [0.05, 0.1) is 12.1 Å². The summed E-state index contributed by atoms with van der Waals surface area (Å²) < 4.78 is 2.03. The monoisotopic (exact) mass is 230 g/mol. The van der Waals surface area contributed by atoms with Crippen molar-refractivity contribution in [2.75, 3.05) is 13.1 Å². The van der Waals surface area contributed by atoms with E-state index in [0.717, 1.165) is 23.0 Å². The highest BCUT2D eigenvalue weighted by molar-refractivity contribution is 6.09. The number of aromatic nitrogens is 1. The van der Waals surface area contributed by atoms with E-state index in [2.05, 4.69) is 18.3 Å². The molecule has 0 bridgehead atoms. The molecule has 1 N–H and O–H groups in total. The Balaban J connectivity index is 2.49. The summed E-state index contributed by atoms with van der Waals surface area (Å²) in [5, 5.41) is 4.13. The van der Waals surface area contributed by atoms with Gasteiger partial charge < -0.3 is 9.88 Å². The molecule has 0 fully saturated rings. The lowest BCUT2D eigenvalue weighted by atomic mass is 10.1. The van der Waals surface area contributed by atoms with E-state index in [4.69, 9.17) is 0 Å². The number of rotatable bonds is 4. The number of para-hydroxylation sites is 1. The van der Waals surface area contributed by atoms with Crippen molar-refractivity contribution in [3.63, 3.8) is 0 Å². The largest absolute Gasteiger partial charge is 0.350 e. The van der Waals surface area contributed by atoms with Gasteiger partial charge in [-0.15, -0.1) is 0 Å². The van der Waals surface area contributed by atoms with Crippen LogP contribution in [0.15, 0.2) is 24.4 Å². The Morgan fingerprint density at radius 2 is 2.18 bits per heavy atom. The third kappa shape index (κ3) is 2.11. The second kappa shape index (κ2) is 4.72. The van der Waals surface area contributed by atoms with Crippen LogP contribution in [0.3, 0.4) is 0 Å². The van der Waals surface area contributed by atoms with Crippen LogP contribution in [0.5, 0.6) is 0 Å². The normalized spacial score (nSPS) is 11.0. The molecule has 0 unspecified atom stereocenters. The molecule has 0 saturated heterocycles. The van der Waals surface area contributed by atoms with Gasteiger partial charge >= 0.3 is 0 Å². The number of ketones is 1. The van der Waals surface area contributed by atoms with Crippen LogP contribution < -0.4 is 5.32 Å². The van der Waals surface area contributed by atoms with Crippen LogP contribution in [0.2, 0.25) is 0 Å². The lowest BCUT2D eigenvalue weighted by Gasteiger charge is -2.01. The Labute approximate surface area is 101 Å². The van der Waals surface area contributed by atoms with Crippen LogP contribution >= 0.6 is 0 Å². The minimum Gasteiger partial charge on any atom is -0.350 e. The van der Waals surface area contributed by atoms with Gasteiger partial charge in [0.15, 0.2) is 5.78 Å². The summed E-state index contributed by atoms with van der Waals surface area (Å²) in [5.41, 5.74) is 3.16. The average Bonchev–Trinajstić information content (AvgIpc) is 2.65. The lowest BCUT2D eigenvalue weighted by molar-refractivity contribution is 0.0993. The highest BCUT2D eigenvalue weighted by Gasteiger charge is 2.14. The van der Waals surface area contributed by atoms with Crippen LogP contribution in [-0.2, 0) is 7.05 Å². The number of hydrogen-bond donors (Lipinski definition) is 1. The first-order chi connectivity index (χ1) is 8.15. The molecule has 0 aliphatic rings. The predicted molar refractivity (Wildman–Crippen MR) is 70.5 cm³/mol. The number of nitrogens with one attached hydrogen (secondary N) is 1. The number of aryl methyl sites for hydroxylation is 2. The molecular weight excluding hydrogens is 212 g/mol. The van der Waals surface area contributed by atoms with Crippen LogP contribution in [-0.4, -0.2) is 23.4 Å². The molecule has 90 valence electrons. The maximum Gasteiger partial charge on any atom is 0.178 e. The van der Waals surface area contributed by atoms with Crippen molar-refractivity contribution in [1.82, 2.24) is 9.88 Å². The molecule has 0 saturated carbocycles. The van der Waals surface area contributed by atoms with Crippen molar-refractivity contribution < 1.29 is 4.79 Å². The SMILES string of the molecule is CCNCC(=O)c1cn(C)c2c(C)cccc12. The molecule has 2 rings (SSSR count). The first kappa shape index (κ1) is 11.9. The Morgan fingerprint density at radius 3 is 2.88 bits per heavy atom. The Morgan fingerprint density at radius 1 is 1.41 bits per heavy atom. The second-order valence-electron chi connectivity index (χ2n) is 4.33. The summed E-state index contributed by atoms with van der Waals surface area (Å²) in [6.45, 7) is 5.29. The zero-order valence-electron chi connectivity index (χ0n) is 10.6. The van der Waals surface area contributed by atoms with Crippen LogP contribution in [0.4, 0.5) is 0 Å². The Kier molecular flexibility index (Phi) is 3.29. The Hall–Kier alpha value is -1.61. The molecule has 0 aliphatic carbocycles. The number of carbonyl (C=O) groups is 1. The molecule has 0 aliphatic heterocycles. The summed E-state index contributed by atoms with van der Waals surface area (Å²) in [6.07, 6.45) is 1.93. The first-order valence-electron chi connectivity index (χ1n) is 5.93. The number of likely N-dealkylation sites (N-methyl/N-ethyl adjacent to an activating group) is 1. The molecule has 1 heterocycles. The third-order valence-corrected chi connectivity index (χ3v) is 3.04. The van der Waals surface area contributed by atoms with E-state index in [1.165, 1.54) is 5.56 Å². The van der Waals surface area contributed by atoms with Gasteiger partial charge in [-0.3, -0.25) is 4.79 Å². The van der Waals surface area contributed by atoms with E-state index in [1.807, 2.05) is 36.9 Å². The van der Waals surface area contributed by atoms with Gasteiger partial charge in [-0.2, -0.15) is 0 Å². The molecule has 17 heavy (non-hydrogen) atoms. The van der Waals surface area contributed by atoms with Crippen molar-refractivity contribution in [1.29, 1.82) is 0 Å². The van der Waals surface area contributed by atoms with Crippen molar-refractivity contribution in [2.45, 2.75) is 13.8 Å². The first-order valence-corrected chi connectivity index (χ1v) is 5.93. The fourth-order valence-electron chi connectivity index (χ4n) is 2.23. The van der Waals surface area contributed by atoms with E-state index in [-0.39, 0.29) is 5.78 Å². The zero-order chi connectivity index (χ0) is 12.4. The summed E-state index contributed by atoms with van der Waals surface area (Å²) in [4.78, 5) is 12.1. The van der Waals surface area contributed by atoms with E-state index in [9.17, 15) is 4.79 Å². The minimum absolute atomic E-state index is 0.156. The zero-order valence-corrected chi connectivity index (χ0v) is 10.6. The van der Waals surface area contributed by atoms with E-state index in [0.29, 0.717) is 6.54 Å². The molecule has 2 aromatic rings. The van der Waals surface area contributed by atoms with Crippen molar-refractivity contribution >= 4 is 16.7 Å². The maximum atomic E-state index is 12.1. The summed E-state index contributed by atoms with van der Waals surface area (Å²) >= 11 is 0. The molecule has 1 aromatic heterocycles. The third-order valence-electron chi connectivity index (χ3n) is 3.04. The number of nitrogens with zero attached hydrogens (tertiary/aromatic N) is 1. The van der Waals surface area contributed by atoms with Crippen molar-refractivity contribution in [3.8, 4) is 0 Å². The molecule has 0 atom stereocenters. The fourth-order valence-corrected chi connectivity index (χ4v) is 2.23. The smallest absolute Gasteiger partial charge is 0.178 e. The number of carbonyl (C=O) groups excluding carboxylic acids is 1. The molecule has 3 nitrogen and oxygen atoms in total. The van der Waals surface area contributed by atoms with Crippen LogP contribution in [0.25, 0.3) is 10.9 Å². The van der Waals surface area contributed by atoms with Gasteiger partial charge in [-0.05, 0) is 19.0 Å². The lowest BCUT2D eigenvalue weighted by Crippen LogP contribution is -2.22.